The number of hydrogen-bond donors (Lipinski definition) is 1. The molecule has 3 nitrogen and oxygen atoms in total. The highest BCUT2D eigenvalue weighted by molar-refractivity contribution is 6.33. The second kappa shape index (κ2) is 5.88. The number of halogens is 3. The fourth-order valence-electron chi connectivity index (χ4n) is 1.58. The van der Waals surface area contributed by atoms with Crippen molar-refractivity contribution in [3.05, 3.63) is 64.2 Å². The van der Waals surface area contributed by atoms with Gasteiger partial charge in [0.05, 0.1) is 16.1 Å². The molecule has 0 aliphatic rings. The molecule has 0 unspecified atom stereocenters. The van der Waals surface area contributed by atoms with Crippen LogP contribution in [-0.2, 0) is 11.3 Å². The van der Waals surface area contributed by atoms with E-state index in [9.17, 15) is 13.6 Å². The maximum absolute atomic E-state index is 13.4. The number of rotatable bonds is 3. The number of nitrogen functional groups attached to an aromatic ring is 1. The lowest BCUT2D eigenvalue weighted by atomic mass is 10.2. The Hall–Kier alpha value is -2.14. The first kappa shape index (κ1) is 14.3. The highest BCUT2D eigenvalue weighted by atomic mass is 35.5. The first-order valence-corrected chi connectivity index (χ1v) is 6.02. The van der Waals surface area contributed by atoms with Crippen LogP contribution in [0.25, 0.3) is 0 Å². The molecule has 0 saturated carbocycles. The van der Waals surface area contributed by atoms with Crippen LogP contribution in [0.3, 0.4) is 0 Å². The molecule has 0 spiro atoms. The van der Waals surface area contributed by atoms with Crippen LogP contribution in [-0.4, -0.2) is 5.97 Å². The fourth-order valence-corrected chi connectivity index (χ4v) is 1.85. The minimum atomic E-state index is -0.780. The summed E-state index contributed by atoms with van der Waals surface area (Å²) in [5, 5.41) is 0.115. The van der Waals surface area contributed by atoms with Gasteiger partial charge in [0.1, 0.15) is 18.2 Å². The SMILES string of the molecule is Nc1ccc(C(=O)OCc2c(F)cccc2F)c(Cl)c1. The monoisotopic (exact) mass is 297 g/mol. The maximum atomic E-state index is 13.4. The molecule has 0 amide bonds. The molecule has 0 atom stereocenters. The molecule has 2 aromatic carbocycles. The summed E-state index contributed by atoms with van der Waals surface area (Å²) in [5.74, 6) is -2.33. The smallest absolute Gasteiger partial charge is 0.339 e. The number of ether oxygens (including phenoxy) is 1. The second-order valence-electron chi connectivity index (χ2n) is 4.02. The molecular formula is C14H10ClF2NO2. The maximum Gasteiger partial charge on any atom is 0.339 e. The van der Waals surface area contributed by atoms with Crippen molar-refractivity contribution in [2.75, 3.05) is 5.73 Å². The Labute approximate surface area is 118 Å². The number of nitrogens with two attached hydrogens (primary N) is 1. The molecule has 0 aliphatic carbocycles. The summed E-state index contributed by atoms with van der Waals surface area (Å²) in [7, 11) is 0. The predicted octanol–water partition coefficient (Wildman–Crippen LogP) is 3.56. The normalized spacial score (nSPS) is 10.3. The third-order valence-corrected chi connectivity index (χ3v) is 2.94. The number of carbonyl (C=O) groups is 1. The van der Waals surface area contributed by atoms with Crippen molar-refractivity contribution < 1.29 is 18.3 Å². The van der Waals surface area contributed by atoms with Gasteiger partial charge in [-0.3, -0.25) is 0 Å². The van der Waals surface area contributed by atoms with Gasteiger partial charge >= 0.3 is 5.97 Å². The molecule has 0 aliphatic heterocycles. The fraction of sp³-hybridized carbons (Fsp3) is 0.0714. The molecule has 0 aromatic heterocycles. The van der Waals surface area contributed by atoms with Gasteiger partial charge in [-0.1, -0.05) is 17.7 Å². The van der Waals surface area contributed by atoms with Gasteiger partial charge in [-0.15, -0.1) is 0 Å². The highest BCUT2D eigenvalue weighted by Crippen LogP contribution is 2.21. The third kappa shape index (κ3) is 3.05. The molecule has 104 valence electrons. The number of hydrogen-bond acceptors (Lipinski definition) is 3. The molecular weight excluding hydrogens is 288 g/mol. The Morgan fingerprint density at radius 3 is 2.45 bits per heavy atom. The molecule has 6 heteroatoms. The summed E-state index contributed by atoms with van der Waals surface area (Å²) >= 11 is 5.84. The average Bonchev–Trinajstić information content (AvgIpc) is 2.37. The number of carbonyl (C=O) groups excluding carboxylic acids is 1. The Bertz CT molecular complexity index is 641. The van der Waals surface area contributed by atoms with Gasteiger partial charge in [0.25, 0.3) is 0 Å². The first-order valence-electron chi connectivity index (χ1n) is 5.64. The second-order valence-corrected chi connectivity index (χ2v) is 4.42. The van der Waals surface area contributed by atoms with E-state index in [1.807, 2.05) is 0 Å². The summed E-state index contributed by atoms with van der Waals surface area (Å²) in [4.78, 5) is 11.8. The molecule has 0 fully saturated rings. The van der Waals surface area contributed by atoms with Gasteiger partial charge in [0.15, 0.2) is 0 Å². The predicted molar refractivity (Wildman–Crippen MR) is 71.3 cm³/mol. The molecule has 2 rings (SSSR count). The number of anilines is 1. The molecule has 2 aromatic rings. The van der Waals surface area contributed by atoms with Gasteiger partial charge < -0.3 is 10.5 Å². The van der Waals surface area contributed by atoms with Gasteiger partial charge in [-0.2, -0.15) is 0 Å². The van der Waals surface area contributed by atoms with Crippen molar-refractivity contribution >= 4 is 23.3 Å². The van der Waals surface area contributed by atoms with Crippen LogP contribution in [0.15, 0.2) is 36.4 Å². The van der Waals surface area contributed by atoms with Crippen LogP contribution in [0.2, 0.25) is 5.02 Å². The zero-order chi connectivity index (χ0) is 14.7. The minimum absolute atomic E-state index is 0.0811. The van der Waals surface area contributed by atoms with Crippen LogP contribution in [0.5, 0.6) is 0 Å². The van der Waals surface area contributed by atoms with E-state index < -0.39 is 24.2 Å². The summed E-state index contributed by atoms with van der Waals surface area (Å²) in [6, 6.07) is 7.66. The van der Waals surface area contributed by atoms with Crippen molar-refractivity contribution in [1.29, 1.82) is 0 Å². The van der Waals surface area contributed by atoms with E-state index in [1.165, 1.54) is 24.3 Å². The third-order valence-electron chi connectivity index (χ3n) is 2.62. The van der Waals surface area contributed by atoms with E-state index in [0.29, 0.717) is 5.69 Å². The minimum Gasteiger partial charge on any atom is -0.457 e. The quantitative estimate of drug-likeness (QED) is 0.696. The zero-order valence-electron chi connectivity index (χ0n) is 10.2. The van der Waals surface area contributed by atoms with Gasteiger partial charge in [0.2, 0.25) is 0 Å². The van der Waals surface area contributed by atoms with E-state index in [2.05, 4.69) is 0 Å². The lowest BCUT2D eigenvalue weighted by Crippen LogP contribution is -2.08. The summed E-state index contributed by atoms with van der Waals surface area (Å²) < 4.78 is 31.6. The Morgan fingerprint density at radius 1 is 1.20 bits per heavy atom. The van der Waals surface area contributed by atoms with Crippen LogP contribution in [0, 0.1) is 11.6 Å². The standard InChI is InChI=1S/C14H10ClF2NO2/c15-11-6-8(18)4-5-9(11)14(19)20-7-10-12(16)2-1-3-13(10)17/h1-6H,7,18H2. The van der Waals surface area contributed by atoms with Crippen molar-refractivity contribution in [3.8, 4) is 0 Å². The molecule has 0 saturated heterocycles. The molecule has 0 radical (unpaired) electrons. The van der Waals surface area contributed by atoms with Crippen molar-refractivity contribution in [2.45, 2.75) is 6.61 Å². The lowest BCUT2D eigenvalue weighted by Gasteiger charge is -2.08. The molecule has 0 heterocycles. The van der Waals surface area contributed by atoms with Crippen LogP contribution in [0.4, 0.5) is 14.5 Å². The highest BCUT2D eigenvalue weighted by Gasteiger charge is 2.15. The summed E-state index contributed by atoms with van der Waals surface area (Å²) in [6.07, 6.45) is 0. The van der Waals surface area contributed by atoms with E-state index in [4.69, 9.17) is 22.1 Å². The summed E-state index contributed by atoms with van der Waals surface area (Å²) in [6.45, 7) is -0.516. The van der Waals surface area contributed by atoms with Gasteiger partial charge in [0, 0.05) is 5.69 Å². The largest absolute Gasteiger partial charge is 0.457 e. The Kier molecular flexibility index (Phi) is 4.20. The Balaban J connectivity index is 2.13. The van der Waals surface area contributed by atoms with E-state index in [0.717, 1.165) is 12.1 Å². The summed E-state index contributed by atoms with van der Waals surface area (Å²) in [5.41, 5.74) is 5.66. The molecule has 20 heavy (non-hydrogen) atoms. The zero-order valence-corrected chi connectivity index (χ0v) is 11.0. The average molecular weight is 298 g/mol. The van der Waals surface area contributed by atoms with Crippen molar-refractivity contribution in [2.24, 2.45) is 0 Å². The lowest BCUT2D eigenvalue weighted by molar-refractivity contribution is 0.0465. The Morgan fingerprint density at radius 2 is 1.85 bits per heavy atom. The van der Waals surface area contributed by atoms with Gasteiger partial charge in [-0.25, -0.2) is 13.6 Å². The topological polar surface area (TPSA) is 52.3 Å². The van der Waals surface area contributed by atoms with E-state index in [1.54, 1.807) is 0 Å². The van der Waals surface area contributed by atoms with Crippen molar-refractivity contribution in [1.82, 2.24) is 0 Å². The first-order chi connectivity index (χ1) is 9.49. The van der Waals surface area contributed by atoms with Crippen LogP contribution in [0.1, 0.15) is 15.9 Å². The molecule has 2 N–H and O–H groups in total. The van der Waals surface area contributed by atoms with E-state index in [-0.39, 0.29) is 16.1 Å². The molecule has 0 bridgehead atoms. The van der Waals surface area contributed by atoms with E-state index >= 15 is 0 Å². The number of benzene rings is 2. The van der Waals surface area contributed by atoms with Gasteiger partial charge in [-0.05, 0) is 30.3 Å². The van der Waals surface area contributed by atoms with Crippen LogP contribution >= 0.6 is 11.6 Å². The van der Waals surface area contributed by atoms with Crippen molar-refractivity contribution in [3.63, 3.8) is 0 Å². The van der Waals surface area contributed by atoms with Crippen LogP contribution < -0.4 is 5.73 Å². The number of esters is 1.